The quantitative estimate of drug-likeness (QED) is 0.541. The van der Waals surface area contributed by atoms with Crippen LogP contribution < -0.4 is 14.5 Å². The number of piperazine rings is 1. The van der Waals surface area contributed by atoms with Crippen LogP contribution in [-0.2, 0) is 6.54 Å². The zero-order chi connectivity index (χ0) is 20.4. The average Bonchev–Trinajstić information content (AvgIpc) is 3.17. The molecule has 4 rings (SSSR count). The second kappa shape index (κ2) is 8.35. The lowest BCUT2D eigenvalue weighted by Gasteiger charge is -2.32. The van der Waals surface area contributed by atoms with Gasteiger partial charge in [0.05, 0.1) is 12.7 Å². The number of halogens is 1. The number of benzene rings is 2. The van der Waals surface area contributed by atoms with E-state index in [1.165, 1.54) is 15.9 Å². The summed E-state index contributed by atoms with van der Waals surface area (Å²) in [5.74, 6) is 0.687. The van der Waals surface area contributed by atoms with Gasteiger partial charge in [-0.25, -0.2) is 4.39 Å². The Morgan fingerprint density at radius 2 is 1.93 bits per heavy atom. The molecule has 0 spiro atoms. The number of para-hydroxylation sites is 1. The summed E-state index contributed by atoms with van der Waals surface area (Å²) in [7, 11) is 1.62. The molecule has 1 aliphatic heterocycles. The monoisotopic (exact) mass is 397 g/mol. The van der Waals surface area contributed by atoms with E-state index >= 15 is 0 Å². The molecular formula is C23H28FN3O2+2. The van der Waals surface area contributed by atoms with Gasteiger partial charge in [-0.2, -0.15) is 0 Å². The number of hydrogen-bond donors (Lipinski definition) is 3. The molecule has 1 saturated heterocycles. The summed E-state index contributed by atoms with van der Waals surface area (Å²) >= 11 is 0. The van der Waals surface area contributed by atoms with Gasteiger partial charge in [0.2, 0.25) is 5.78 Å². The maximum atomic E-state index is 13.6. The van der Waals surface area contributed by atoms with Gasteiger partial charge in [0.15, 0.2) is 0 Å². The number of carbonyl (C=O) groups is 1. The molecule has 3 N–H and O–H groups in total. The van der Waals surface area contributed by atoms with Crippen molar-refractivity contribution in [3.05, 3.63) is 65.6 Å². The fourth-order valence-corrected chi connectivity index (χ4v) is 4.38. The van der Waals surface area contributed by atoms with Gasteiger partial charge in [0.1, 0.15) is 50.3 Å². The summed E-state index contributed by atoms with van der Waals surface area (Å²) in [6, 6.07) is 12.5. The van der Waals surface area contributed by atoms with Crippen molar-refractivity contribution >= 4 is 16.7 Å². The Labute approximate surface area is 170 Å². The number of carbonyl (C=O) groups excluding carboxylic acids is 1. The third-order valence-corrected chi connectivity index (χ3v) is 6.14. The summed E-state index contributed by atoms with van der Waals surface area (Å²) < 4.78 is 19.0. The summed E-state index contributed by atoms with van der Waals surface area (Å²) in [6.07, 6.45) is 1.83. The third-order valence-electron chi connectivity index (χ3n) is 6.14. The van der Waals surface area contributed by atoms with E-state index in [2.05, 4.69) is 4.98 Å². The van der Waals surface area contributed by atoms with Crippen molar-refractivity contribution in [2.45, 2.75) is 19.5 Å². The van der Waals surface area contributed by atoms with Gasteiger partial charge >= 0.3 is 0 Å². The smallest absolute Gasteiger partial charge is 0.221 e. The Bertz CT molecular complexity index is 1010. The van der Waals surface area contributed by atoms with E-state index in [9.17, 15) is 9.18 Å². The molecule has 0 bridgehead atoms. The Morgan fingerprint density at radius 3 is 2.69 bits per heavy atom. The third kappa shape index (κ3) is 4.04. The molecule has 1 atom stereocenters. The number of methoxy groups -OCH3 is 1. The molecule has 1 aliphatic rings. The second-order valence-electron chi connectivity index (χ2n) is 7.88. The van der Waals surface area contributed by atoms with Crippen LogP contribution in [0.2, 0.25) is 0 Å². The number of rotatable bonds is 6. The zero-order valence-electron chi connectivity index (χ0n) is 16.9. The Kier molecular flexibility index (Phi) is 5.65. The van der Waals surface area contributed by atoms with Gasteiger partial charge in [-0.15, -0.1) is 0 Å². The lowest BCUT2D eigenvalue weighted by molar-refractivity contribution is -1.02. The molecule has 152 valence electrons. The molecule has 2 heterocycles. The molecule has 0 saturated carbocycles. The predicted octanol–water partition coefficient (Wildman–Crippen LogP) is 0.870. The summed E-state index contributed by atoms with van der Waals surface area (Å²) in [5.41, 5.74) is 2.67. The zero-order valence-corrected chi connectivity index (χ0v) is 16.9. The van der Waals surface area contributed by atoms with Crippen molar-refractivity contribution < 1.29 is 23.7 Å². The van der Waals surface area contributed by atoms with Crippen molar-refractivity contribution in [3.63, 3.8) is 0 Å². The standard InChI is InChI=1S/C23H26FN3O2/c1-16(23(28)20-14-25-21-6-4-3-5-19(20)21)27-11-9-26(10-12-27)15-17-13-18(24)7-8-22(17)29-2/h3-8,13-14,16,25H,9-12,15H2,1-2H3/p+2/t16-/m0/s1. The van der Waals surface area contributed by atoms with Crippen molar-refractivity contribution in [2.24, 2.45) is 0 Å². The molecule has 3 aromatic rings. The first kappa shape index (κ1) is 19.6. The minimum Gasteiger partial charge on any atom is -0.496 e. The fourth-order valence-electron chi connectivity index (χ4n) is 4.38. The van der Waals surface area contributed by atoms with Gasteiger partial charge in [-0.1, -0.05) is 18.2 Å². The van der Waals surface area contributed by atoms with Crippen LogP contribution in [-0.4, -0.2) is 50.1 Å². The Balaban J connectivity index is 1.39. The van der Waals surface area contributed by atoms with Crippen LogP contribution in [0.3, 0.4) is 0 Å². The van der Waals surface area contributed by atoms with Crippen molar-refractivity contribution in [1.29, 1.82) is 0 Å². The largest absolute Gasteiger partial charge is 0.496 e. The van der Waals surface area contributed by atoms with E-state index < -0.39 is 0 Å². The van der Waals surface area contributed by atoms with Crippen LogP contribution in [0, 0.1) is 5.82 Å². The first-order chi connectivity index (χ1) is 14.1. The number of quaternary nitrogens is 2. The van der Waals surface area contributed by atoms with E-state index in [-0.39, 0.29) is 17.6 Å². The highest BCUT2D eigenvalue weighted by Gasteiger charge is 2.32. The maximum absolute atomic E-state index is 13.6. The van der Waals surface area contributed by atoms with Crippen LogP contribution >= 0.6 is 0 Å². The van der Waals surface area contributed by atoms with Crippen molar-refractivity contribution in [3.8, 4) is 5.75 Å². The molecule has 0 amide bonds. The molecule has 5 nitrogen and oxygen atoms in total. The van der Waals surface area contributed by atoms with Crippen LogP contribution in [0.15, 0.2) is 48.7 Å². The lowest BCUT2D eigenvalue weighted by atomic mass is 10.0. The summed E-state index contributed by atoms with van der Waals surface area (Å²) in [5, 5.41) is 0.992. The highest BCUT2D eigenvalue weighted by Crippen LogP contribution is 2.19. The number of Topliss-reactive ketones (excluding diaryl/α,β-unsaturated/α-hetero) is 1. The van der Waals surface area contributed by atoms with E-state index in [1.54, 1.807) is 19.2 Å². The lowest BCUT2D eigenvalue weighted by Crippen LogP contribution is -3.29. The van der Waals surface area contributed by atoms with Gasteiger partial charge in [0.25, 0.3) is 0 Å². The number of aromatic amines is 1. The minimum absolute atomic E-state index is 0.0838. The predicted molar refractivity (Wildman–Crippen MR) is 110 cm³/mol. The van der Waals surface area contributed by atoms with E-state index in [4.69, 9.17) is 4.74 Å². The molecule has 6 heteroatoms. The van der Waals surface area contributed by atoms with E-state index in [1.807, 2.05) is 37.4 Å². The number of ketones is 1. The number of aromatic nitrogens is 1. The normalized spacial score (nSPS) is 20.5. The number of hydrogen-bond acceptors (Lipinski definition) is 2. The van der Waals surface area contributed by atoms with Gasteiger partial charge < -0.3 is 19.5 Å². The molecule has 0 radical (unpaired) electrons. The molecule has 1 fully saturated rings. The molecule has 29 heavy (non-hydrogen) atoms. The first-order valence-corrected chi connectivity index (χ1v) is 10.2. The highest BCUT2D eigenvalue weighted by molar-refractivity contribution is 6.09. The Hall–Kier alpha value is -2.70. The summed E-state index contributed by atoms with van der Waals surface area (Å²) in [4.78, 5) is 19.0. The number of ether oxygens (including phenoxy) is 1. The fraction of sp³-hybridized carbons (Fsp3) is 0.348. The van der Waals surface area contributed by atoms with Crippen LogP contribution in [0.4, 0.5) is 4.39 Å². The van der Waals surface area contributed by atoms with Crippen molar-refractivity contribution in [2.75, 3.05) is 33.3 Å². The first-order valence-electron chi connectivity index (χ1n) is 10.2. The topological polar surface area (TPSA) is 51.0 Å². The molecule has 0 aliphatic carbocycles. The number of nitrogens with one attached hydrogen (secondary N) is 3. The van der Waals surface area contributed by atoms with Crippen LogP contribution in [0.1, 0.15) is 22.8 Å². The number of H-pyrrole nitrogens is 1. The molecule has 0 unspecified atom stereocenters. The van der Waals surface area contributed by atoms with Crippen LogP contribution in [0.25, 0.3) is 10.9 Å². The SMILES string of the molecule is COc1ccc(F)cc1C[NH+]1CC[NH+]([C@@H](C)C(=O)c2c[nH]c3ccccc23)CC1. The van der Waals surface area contributed by atoms with Crippen molar-refractivity contribution in [1.82, 2.24) is 4.98 Å². The van der Waals surface area contributed by atoms with Gasteiger partial charge in [0, 0.05) is 22.7 Å². The minimum atomic E-state index is -0.234. The Morgan fingerprint density at radius 1 is 1.17 bits per heavy atom. The van der Waals surface area contributed by atoms with E-state index in [0.717, 1.165) is 60.5 Å². The molecular weight excluding hydrogens is 369 g/mol. The van der Waals surface area contributed by atoms with Crippen LogP contribution in [0.5, 0.6) is 5.75 Å². The van der Waals surface area contributed by atoms with Gasteiger partial charge in [-0.05, 0) is 31.2 Å². The van der Waals surface area contributed by atoms with Gasteiger partial charge in [-0.3, -0.25) is 4.79 Å². The highest BCUT2D eigenvalue weighted by atomic mass is 19.1. The molecule has 2 aromatic carbocycles. The maximum Gasteiger partial charge on any atom is 0.221 e. The van der Waals surface area contributed by atoms with E-state index in [0.29, 0.717) is 0 Å². The average molecular weight is 397 g/mol. The number of fused-ring (bicyclic) bond motifs is 1. The second-order valence-corrected chi connectivity index (χ2v) is 7.88. The summed E-state index contributed by atoms with van der Waals surface area (Å²) in [6.45, 7) is 6.49. The molecule has 1 aromatic heterocycles.